The fraction of sp³-hybridized carbons (Fsp3) is 0.0833. The Hall–Kier alpha value is -1.81. The normalized spacial score (nSPS) is 10.8. The summed E-state index contributed by atoms with van der Waals surface area (Å²) in [6.07, 6.45) is 1.86. The molecule has 4 heteroatoms. The average Bonchev–Trinajstić information content (AvgIpc) is 2.47. The molecule has 0 amide bonds. The van der Waals surface area contributed by atoms with Crippen molar-refractivity contribution in [1.29, 1.82) is 0 Å². The van der Waals surface area contributed by atoms with Gasteiger partial charge in [-0.15, -0.1) is 0 Å². The SMILES string of the molecule is Cc1cc2[nH]c3ccccc3s[nH]c2cn1. The maximum atomic E-state index is 4.28. The second kappa shape index (κ2) is 3.64. The molecule has 2 heterocycles. The molecule has 0 aliphatic heterocycles. The summed E-state index contributed by atoms with van der Waals surface area (Å²) in [5, 5.41) is 0. The molecule has 0 saturated heterocycles. The Kier molecular flexibility index (Phi) is 2.15. The standard InChI is InChI=1S/C12H11N3S/c1-8-6-10-11(7-13-8)15-16-12-5-3-2-4-9(12)14-10/h2-7,14-15H,1H3. The van der Waals surface area contributed by atoms with Crippen molar-refractivity contribution in [3.05, 3.63) is 42.2 Å². The Labute approximate surface area is 96.6 Å². The summed E-state index contributed by atoms with van der Waals surface area (Å²) in [4.78, 5) is 7.70. The van der Waals surface area contributed by atoms with Crippen LogP contribution in [0.5, 0.6) is 0 Å². The van der Waals surface area contributed by atoms with Gasteiger partial charge in [0.25, 0.3) is 0 Å². The number of H-pyrrole nitrogens is 2. The van der Waals surface area contributed by atoms with Gasteiger partial charge in [0.05, 0.1) is 27.4 Å². The number of nitrogens with one attached hydrogen (secondary N) is 2. The van der Waals surface area contributed by atoms with Crippen molar-refractivity contribution in [2.75, 3.05) is 0 Å². The highest BCUT2D eigenvalue weighted by Crippen LogP contribution is 2.17. The van der Waals surface area contributed by atoms with Crippen molar-refractivity contribution in [2.24, 2.45) is 0 Å². The number of hydrogen-bond acceptors (Lipinski definition) is 2. The van der Waals surface area contributed by atoms with E-state index in [2.05, 4.69) is 26.5 Å². The summed E-state index contributed by atoms with van der Waals surface area (Å²) in [5.41, 5.74) is 4.23. The Bertz CT molecular complexity index is 688. The van der Waals surface area contributed by atoms with Gasteiger partial charge in [0, 0.05) is 5.69 Å². The van der Waals surface area contributed by atoms with Crippen LogP contribution in [0.1, 0.15) is 5.69 Å². The third-order valence-electron chi connectivity index (χ3n) is 2.47. The lowest BCUT2D eigenvalue weighted by atomic mass is 10.3. The maximum absolute atomic E-state index is 4.28. The van der Waals surface area contributed by atoms with E-state index in [1.807, 2.05) is 31.3 Å². The highest BCUT2D eigenvalue weighted by atomic mass is 32.1. The van der Waals surface area contributed by atoms with Crippen LogP contribution in [-0.2, 0) is 0 Å². The molecule has 3 aromatic rings. The van der Waals surface area contributed by atoms with Gasteiger partial charge in [-0.2, -0.15) is 0 Å². The van der Waals surface area contributed by atoms with E-state index in [1.54, 1.807) is 11.5 Å². The van der Waals surface area contributed by atoms with Gasteiger partial charge in [0.1, 0.15) is 0 Å². The number of para-hydroxylation sites is 1. The van der Waals surface area contributed by atoms with Crippen LogP contribution in [0.15, 0.2) is 36.5 Å². The minimum atomic E-state index is 1.01. The second-order valence-electron chi connectivity index (χ2n) is 3.70. The predicted molar refractivity (Wildman–Crippen MR) is 68.2 cm³/mol. The van der Waals surface area contributed by atoms with Crippen molar-refractivity contribution in [3.8, 4) is 0 Å². The van der Waals surface area contributed by atoms with Crippen LogP contribution in [-0.4, -0.2) is 14.3 Å². The summed E-state index contributed by atoms with van der Waals surface area (Å²) < 4.78 is 4.49. The molecule has 3 rings (SSSR count). The van der Waals surface area contributed by atoms with Crippen LogP contribution >= 0.6 is 11.5 Å². The molecular weight excluding hydrogens is 218 g/mol. The molecule has 0 bridgehead atoms. The van der Waals surface area contributed by atoms with Crippen molar-refractivity contribution in [3.63, 3.8) is 0 Å². The lowest BCUT2D eigenvalue weighted by Gasteiger charge is -1.94. The molecule has 0 unspecified atom stereocenters. The van der Waals surface area contributed by atoms with Crippen molar-refractivity contribution in [2.45, 2.75) is 6.92 Å². The van der Waals surface area contributed by atoms with E-state index < -0.39 is 0 Å². The predicted octanol–water partition coefficient (Wildman–Crippen LogP) is 3.54. The number of benzene rings is 1. The van der Waals surface area contributed by atoms with Gasteiger partial charge in [-0.1, -0.05) is 23.7 Å². The summed E-state index contributed by atoms with van der Waals surface area (Å²) >= 11 is 1.61. The minimum absolute atomic E-state index is 1.01. The van der Waals surface area contributed by atoms with Gasteiger partial charge in [-0.05, 0) is 25.1 Å². The van der Waals surface area contributed by atoms with E-state index in [4.69, 9.17) is 0 Å². The number of aromatic amines is 2. The Morgan fingerprint density at radius 3 is 2.94 bits per heavy atom. The molecule has 1 aromatic carbocycles. The second-order valence-corrected chi connectivity index (χ2v) is 4.54. The Balaban J connectivity index is 2.51. The lowest BCUT2D eigenvalue weighted by molar-refractivity contribution is 1.21. The molecule has 0 radical (unpaired) electrons. The number of aromatic nitrogens is 3. The van der Waals surface area contributed by atoms with Gasteiger partial charge in [-0.3, -0.25) is 4.98 Å². The molecule has 80 valence electrons. The maximum Gasteiger partial charge on any atom is 0.0898 e. The first-order valence-electron chi connectivity index (χ1n) is 5.08. The molecule has 3 nitrogen and oxygen atoms in total. The lowest BCUT2D eigenvalue weighted by Crippen LogP contribution is -1.82. The first-order valence-corrected chi connectivity index (χ1v) is 5.90. The van der Waals surface area contributed by atoms with Crippen molar-refractivity contribution >= 4 is 32.8 Å². The van der Waals surface area contributed by atoms with E-state index in [9.17, 15) is 0 Å². The monoisotopic (exact) mass is 229 g/mol. The van der Waals surface area contributed by atoms with Gasteiger partial charge in [0.15, 0.2) is 0 Å². The van der Waals surface area contributed by atoms with E-state index in [-0.39, 0.29) is 0 Å². The van der Waals surface area contributed by atoms with Crippen molar-refractivity contribution < 1.29 is 0 Å². The van der Waals surface area contributed by atoms with Crippen molar-refractivity contribution in [1.82, 2.24) is 14.3 Å². The van der Waals surface area contributed by atoms with Crippen LogP contribution in [0.3, 0.4) is 0 Å². The van der Waals surface area contributed by atoms with Crippen LogP contribution < -0.4 is 0 Å². The van der Waals surface area contributed by atoms with Gasteiger partial charge in [-0.25, -0.2) is 0 Å². The van der Waals surface area contributed by atoms with Crippen LogP contribution in [0.4, 0.5) is 0 Å². The van der Waals surface area contributed by atoms with E-state index in [0.29, 0.717) is 0 Å². The fourth-order valence-electron chi connectivity index (χ4n) is 1.66. The van der Waals surface area contributed by atoms with E-state index in [0.717, 1.165) is 22.2 Å². The highest BCUT2D eigenvalue weighted by molar-refractivity contribution is 7.12. The Morgan fingerprint density at radius 1 is 1.12 bits per heavy atom. The van der Waals surface area contributed by atoms with Gasteiger partial charge < -0.3 is 9.36 Å². The minimum Gasteiger partial charge on any atom is -0.353 e. The largest absolute Gasteiger partial charge is 0.353 e. The summed E-state index contributed by atoms with van der Waals surface area (Å²) in [6.45, 7) is 1.99. The zero-order valence-electron chi connectivity index (χ0n) is 8.82. The number of pyridine rings is 1. The topological polar surface area (TPSA) is 44.5 Å². The first-order chi connectivity index (χ1) is 7.83. The van der Waals surface area contributed by atoms with Crippen LogP contribution in [0.25, 0.3) is 21.3 Å². The Morgan fingerprint density at radius 2 is 2.00 bits per heavy atom. The molecule has 0 atom stereocenters. The molecular formula is C12H11N3S. The zero-order chi connectivity index (χ0) is 11.0. The highest BCUT2D eigenvalue weighted by Gasteiger charge is 1.96. The number of rotatable bonds is 0. The third-order valence-corrected chi connectivity index (χ3v) is 3.37. The summed E-state index contributed by atoms with van der Waals surface area (Å²) in [5.74, 6) is 0. The quantitative estimate of drug-likeness (QED) is 0.608. The number of fused-ring (bicyclic) bond motifs is 2. The molecule has 2 aromatic heterocycles. The molecule has 0 aliphatic rings. The zero-order valence-corrected chi connectivity index (χ0v) is 9.64. The van der Waals surface area contributed by atoms with E-state index >= 15 is 0 Å². The summed E-state index contributed by atoms with van der Waals surface area (Å²) in [6, 6.07) is 10.3. The number of hydrogen-bond donors (Lipinski definition) is 2. The van der Waals surface area contributed by atoms with Gasteiger partial charge in [0.2, 0.25) is 0 Å². The number of aryl methyl sites for hydroxylation is 1. The molecule has 0 spiro atoms. The van der Waals surface area contributed by atoms with E-state index in [1.165, 1.54) is 4.70 Å². The van der Waals surface area contributed by atoms with Gasteiger partial charge >= 0.3 is 0 Å². The average molecular weight is 229 g/mol. The third kappa shape index (κ3) is 1.57. The molecule has 2 N–H and O–H groups in total. The van der Waals surface area contributed by atoms with Crippen LogP contribution in [0.2, 0.25) is 0 Å². The smallest absolute Gasteiger partial charge is 0.0898 e. The molecule has 0 saturated carbocycles. The molecule has 0 aliphatic carbocycles. The molecule has 16 heavy (non-hydrogen) atoms. The van der Waals surface area contributed by atoms with Crippen LogP contribution in [0, 0.1) is 6.92 Å². The summed E-state index contributed by atoms with van der Waals surface area (Å²) in [7, 11) is 0. The number of nitrogens with zero attached hydrogens (tertiary/aromatic N) is 1. The fourth-order valence-corrected chi connectivity index (χ4v) is 2.42. The molecule has 0 fully saturated rings. The first kappa shape index (κ1) is 9.42.